The molecule has 3 rings (SSSR count). The standard InChI is InChI=1S/C16H22N4O2/c1-13-4-2-5-14(10-13)22-9-8-20-7-3-6-16(21,12-20)15-11-17-19-18-15/h2,4-5,10-11,21H,3,6-9,12H2,1H3,(H,17,18,19)/t16-/m0/s1. The second-order valence-electron chi connectivity index (χ2n) is 5.93. The highest BCUT2D eigenvalue weighted by molar-refractivity contribution is 5.27. The van der Waals surface area contributed by atoms with Gasteiger partial charge in [-0.1, -0.05) is 12.1 Å². The van der Waals surface area contributed by atoms with Gasteiger partial charge < -0.3 is 9.84 Å². The highest BCUT2D eigenvalue weighted by atomic mass is 16.5. The van der Waals surface area contributed by atoms with E-state index in [0.29, 0.717) is 18.8 Å². The molecule has 1 aliphatic rings. The number of ether oxygens (including phenoxy) is 1. The Kier molecular flexibility index (Phi) is 4.40. The molecule has 6 nitrogen and oxygen atoms in total. The number of piperidine rings is 1. The van der Waals surface area contributed by atoms with Crippen LogP contribution in [0.15, 0.2) is 30.5 Å². The summed E-state index contributed by atoms with van der Waals surface area (Å²) >= 11 is 0. The van der Waals surface area contributed by atoms with Gasteiger partial charge in [0.05, 0.1) is 6.20 Å². The molecule has 0 aliphatic carbocycles. The first-order chi connectivity index (χ1) is 10.7. The number of aromatic nitrogens is 3. The van der Waals surface area contributed by atoms with Gasteiger partial charge in [0.1, 0.15) is 23.7 Å². The van der Waals surface area contributed by atoms with E-state index in [9.17, 15) is 5.11 Å². The van der Waals surface area contributed by atoms with Crippen molar-refractivity contribution in [3.63, 3.8) is 0 Å². The molecule has 118 valence electrons. The smallest absolute Gasteiger partial charge is 0.123 e. The maximum Gasteiger partial charge on any atom is 0.123 e. The van der Waals surface area contributed by atoms with Crippen LogP contribution in [-0.2, 0) is 5.60 Å². The maximum absolute atomic E-state index is 10.7. The lowest BCUT2D eigenvalue weighted by atomic mass is 9.90. The molecule has 1 fully saturated rings. The van der Waals surface area contributed by atoms with E-state index in [-0.39, 0.29) is 0 Å². The van der Waals surface area contributed by atoms with Crippen molar-refractivity contribution in [3.05, 3.63) is 41.7 Å². The lowest BCUT2D eigenvalue weighted by molar-refractivity contribution is -0.0412. The number of nitrogens with zero attached hydrogens (tertiary/aromatic N) is 3. The zero-order chi connectivity index (χ0) is 15.4. The van der Waals surface area contributed by atoms with E-state index >= 15 is 0 Å². The van der Waals surface area contributed by atoms with Crippen LogP contribution in [0.2, 0.25) is 0 Å². The number of likely N-dealkylation sites (tertiary alicyclic amines) is 1. The number of aryl methyl sites for hydroxylation is 1. The SMILES string of the molecule is Cc1cccc(OCCN2CCC[C@@](O)(c3cn[nH]n3)C2)c1. The van der Waals surface area contributed by atoms with Crippen LogP contribution >= 0.6 is 0 Å². The van der Waals surface area contributed by atoms with E-state index < -0.39 is 5.60 Å². The number of aliphatic hydroxyl groups is 1. The molecule has 2 aromatic rings. The predicted octanol–water partition coefficient (Wildman–Crippen LogP) is 1.48. The molecule has 1 aromatic carbocycles. The van der Waals surface area contributed by atoms with E-state index in [1.165, 1.54) is 5.56 Å². The zero-order valence-electron chi connectivity index (χ0n) is 12.8. The third kappa shape index (κ3) is 3.45. The fourth-order valence-electron chi connectivity index (χ4n) is 2.95. The second-order valence-corrected chi connectivity index (χ2v) is 5.93. The second kappa shape index (κ2) is 6.46. The summed E-state index contributed by atoms with van der Waals surface area (Å²) in [5, 5.41) is 21.2. The quantitative estimate of drug-likeness (QED) is 0.875. The molecule has 1 atom stereocenters. The number of nitrogens with one attached hydrogen (secondary N) is 1. The van der Waals surface area contributed by atoms with Gasteiger partial charge in [-0.25, -0.2) is 0 Å². The fourth-order valence-corrected chi connectivity index (χ4v) is 2.95. The fraction of sp³-hybridized carbons (Fsp3) is 0.500. The molecule has 0 amide bonds. The highest BCUT2D eigenvalue weighted by Crippen LogP contribution is 2.29. The van der Waals surface area contributed by atoms with Crippen LogP contribution in [0.4, 0.5) is 0 Å². The average molecular weight is 302 g/mol. The van der Waals surface area contributed by atoms with Gasteiger partial charge in [0.15, 0.2) is 0 Å². The van der Waals surface area contributed by atoms with Gasteiger partial charge in [-0.2, -0.15) is 15.4 Å². The monoisotopic (exact) mass is 302 g/mol. The van der Waals surface area contributed by atoms with E-state index in [1.807, 2.05) is 18.2 Å². The molecular weight excluding hydrogens is 280 g/mol. The number of β-amino-alcohol motifs (C(OH)–C–C–N with tert-alkyl or cyclic N) is 1. The number of rotatable bonds is 5. The van der Waals surface area contributed by atoms with Crippen LogP contribution in [0.5, 0.6) is 5.75 Å². The van der Waals surface area contributed by atoms with Crippen LogP contribution in [0, 0.1) is 6.92 Å². The number of benzene rings is 1. The lowest BCUT2D eigenvalue weighted by Crippen LogP contribution is -2.47. The third-order valence-electron chi connectivity index (χ3n) is 4.11. The first-order valence-electron chi connectivity index (χ1n) is 7.66. The van der Waals surface area contributed by atoms with Gasteiger partial charge in [-0.05, 0) is 44.0 Å². The van der Waals surface area contributed by atoms with E-state index in [1.54, 1.807) is 6.20 Å². The van der Waals surface area contributed by atoms with Gasteiger partial charge in [-0.15, -0.1) is 0 Å². The van der Waals surface area contributed by atoms with Gasteiger partial charge in [-0.3, -0.25) is 4.90 Å². The van der Waals surface area contributed by atoms with Crippen molar-refractivity contribution >= 4 is 0 Å². The number of hydrogen-bond donors (Lipinski definition) is 2. The molecule has 22 heavy (non-hydrogen) atoms. The molecule has 0 spiro atoms. The zero-order valence-corrected chi connectivity index (χ0v) is 12.8. The molecule has 0 unspecified atom stereocenters. The Hall–Kier alpha value is -1.92. The Balaban J connectivity index is 1.53. The minimum atomic E-state index is -0.908. The van der Waals surface area contributed by atoms with Crippen molar-refractivity contribution in [1.29, 1.82) is 0 Å². The van der Waals surface area contributed by atoms with E-state index in [0.717, 1.165) is 31.7 Å². The van der Waals surface area contributed by atoms with Crippen molar-refractivity contribution < 1.29 is 9.84 Å². The predicted molar refractivity (Wildman–Crippen MR) is 82.6 cm³/mol. The number of aromatic amines is 1. The van der Waals surface area contributed by atoms with E-state index in [4.69, 9.17) is 4.74 Å². The van der Waals surface area contributed by atoms with Crippen molar-refractivity contribution in [2.45, 2.75) is 25.4 Å². The van der Waals surface area contributed by atoms with Crippen LogP contribution in [-0.4, -0.2) is 51.7 Å². The maximum atomic E-state index is 10.7. The first kappa shape index (κ1) is 15.0. The van der Waals surface area contributed by atoms with Crippen LogP contribution in [0.25, 0.3) is 0 Å². The molecule has 1 aromatic heterocycles. The number of H-pyrrole nitrogens is 1. The molecule has 0 saturated carbocycles. The minimum absolute atomic E-state index is 0.566. The summed E-state index contributed by atoms with van der Waals surface area (Å²) in [5.41, 5.74) is 0.905. The Morgan fingerprint density at radius 3 is 3.14 bits per heavy atom. The number of hydrogen-bond acceptors (Lipinski definition) is 5. The lowest BCUT2D eigenvalue weighted by Gasteiger charge is -2.37. The normalized spacial score (nSPS) is 22.6. The van der Waals surface area contributed by atoms with Gasteiger partial charge in [0, 0.05) is 13.1 Å². The molecule has 1 saturated heterocycles. The minimum Gasteiger partial charge on any atom is -0.492 e. The largest absolute Gasteiger partial charge is 0.492 e. The summed E-state index contributed by atoms with van der Waals surface area (Å²) in [6.07, 6.45) is 3.26. The Morgan fingerprint density at radius 1 is 1.45 bits per heavy atom. The van der Waals surface area contributed by atoms with Crippen LogP contribution in [0.1, 0.15) is 24.1 Å². The highest BCUT2D eigenvalue weighted by Gasteiger charge is 2.36. The Morgan fingerprint density at radius 2 is 2.36 bits per heavy atom. The first-order valence-corrected chi connectivity index (χ1v) is 7.66. The topological polar surface area (TPSA) is 74.3 Å². The Labute approximate surface area is 130 Å². The summed E-state index contributed by atoms with van der Waals surface area (Å²) in [4.78, 5) is 2.22. The third-order valence-corrected chi connectivity index (χ3v) is 4.11. The van der Waals surface area contributed by atoms with Gasteiger partial charge >= 0.3 is 0 Å². The summed E-state index contributed by atoms with van der Waals surface area (Å²) in [5.74, 6) is 0.892. The summed E-state index contributed by atoms with van der Waals surface area (Å²) in [6.45, 7) is 4.98. The van der Waals surface area contributed by atoms with Crippen molar-refractivity contribution in [3.8, 4) is 5.75 Å². The molecule has 2 N–H and O–H groups in total. The van der Waals surface area contributed by atoms with Crippen molar-refractivity contribution in [2.24, 2.45) is 0 Å². The summed E-state index contributed by atoms with van der Waals surface area (Å²) in [6, 6.07) is 8.04. The van der Waals surface area contributed by atoms with Gasteiger partial charge in [0.25, 0.3) is 0 Å². The van der Waals surface area contributed by atoms with Crippen LogP contribution < -0.4 is 4.74 Å². The summed E-state index contributed by atoms with van der Waals surface area (Å²) in [7, 11) is 0. The van der Waals surface area contributed by atoms with Gasteiger partial charge in [0.2, 0.25) is 0 Å². The molecule has 1 aliphatic heterocycles. The molecule has 6 heteroatoms. The molecule has 0 radical (unpaired) electrons. The van der Waals surface area contributed by atoms with Crippen molar-refractivity contribution in [1.82, 2.24) is 20.3 Å². The molecular formula is C16H22N4O2. The molecule has 0 bridgehead atoms. The van der Waals surface area contributed by atoms with E-state index in [2.05, 4.69) is 33.3 Å². The van der Waals surface area contributed by atoms with Crippen LogP contribution in [0.3, 0.4) is 0 Å². The molecule has 2 heterocycles. The average Bonchev–Trinajstić information content (AvgIpc) is 3.02. The Bertz CT molecular complexity index is 602. The summed E-state index contributed by atoms with van der Waals surface area (Å²) < 4.78 is 5.79. The van der Waals surface area contributed by atoms with Crippen molar-refractivity contribution in [2.75, 3.05) is 26.2 Å².